The van der Waals surface area contributed by atoms with Crippen molar-refractivity contribution in [1.82, 2.24) is 16.0 Å². The molecule has 3 N–H and O–H groups in total. The minimum atomic E-state index is -0.144. The van der Waals surface area contributed by atoms with Gasteiger partial charge in [0.1, 0.15) is 0 Å². The molecule has 0 atom stereocenters. The molecule has 0 radical (unpaired) electrons. The number of hydrogen-bond acceptors (Lipinski definition) is 4. The standard InChI is InChI=1S/C18H18Cl2N4O/c19-15-7-13(8-16(20)9-15)11-23-17(25)14-3-1-2-12(6-14)10-24-18-21-4-5-22-18/h1-3,6-9H,4-5,10-11H2,(H,23,25)(H2,21,22,24). The number of amides is 1. The molecule has 2 aromatic carbocycles. The van der Waals surface area contributed by atoms with Crippen molar-refractivity contribution in [3.8, 4) is 0 Å². The molecule has 0 spiro atoms. The maximum Gasteiger partial charge on any atom is 0.251 e. The zero-order chi connectivity index (χ0) is 17.6. The summed E-state index contributed by atoms with van der Waals surface area (Å²) in [7, 11) is 0. The van der Waals surface area contributed by atoms with Gasteiger partial charge < -0.3 is 16.0 Å². The van der Waals surface area contributed by atoms with Gasteiger partial charge in [-0.15, -0.1) is 0 Å². The number of halogens is 2. The predicted molar refractivity (Wildman–Crippen MR) is 101 cm³/mol. The molecule has 0 bridgehead atoms. The van der Waals surface area contributed by atoms with E-state index in [0.717, 1.165) is 30.2 Å². The third-order valence-electron chi connectivity index (χ3n) is 3.70. The Bertz CT molecular complexity index is 787. The van der Waals surface area contributed by atoms with E-state index in [1.165, 1.54) is 0 Å². The SMILES string of the molecule is O=C(NCc1cc(Cl)cc(Cl)c1)c1cccc(CNC2=NCCN2)c1. The molecule has 1 amide bonds. The van der Waals surface area contributed by atoms with E-state index >= 15 is 0 Å². The van der Waals surface area contributed by atoms with Crippen LogP contribution in [0, 0.1) is 0 Å². The van der Waals surface area contributed by atoms with Gasteiger partial charge in [-0.05, 0) is 41.5 Å². The van der Waals surface area contributed by atoms with Crippen LogP contribution in [0.25, 0.3) is 0 Å². The monoisotopic (exact) mass is 376 g/mol. The van der Waals surface area contributed by atoms with Crippen molar-refractivity contribution >= 4 is 35.1 Å². The molecule has 1 aliphatic heterocycles. The van der Waals surface area contributed by atoms with Gasteiger partial charge in [-0.25, -0.2) is 0 Å². The Balaban J connectivity index is 1.58. The molecule has 2 aromatic rings. The molecule has 0 fully saturated rings. The molecule has 0 aliphatic carbocycles. The van der Waals surface area contributed by atoms with Crippen molar-refractivity contribution in [3.05, 3.63) is 69.2 Å². The summed E-state index contributed by atoms with van der Waals surface area (Å²) in [6.45, 7) is 2.62. The Morgan fingerprint density at radius 3 is 2.60 bits per heavy atom. The van der Waals surface area contributed by atoms with E-state index in [0.29, 0.717) is 28.7 Å². The van der Waals surface area contributed by atoms with Crippen molar-refractivity contribution in [3.63, 3.8) is 0 Å². The topological polar surface area (TPSA) is 65.5 Å². The zero-order valence-electron chi connectivity index (χ0n) is 13.5. The highest BCUT2D eigenvalue weighted by Crippen LogP contribution is 2.19. The van der Waals surface area contributed by atoms with Gasteiger partial charge in [0.2, 0.25) is 0 Å². The van der Waals surface area contributed by atoms with Crippen LogP contribution in [-0.2, 0) is 13.1 Å². The molecule has 0 saturated heterocycles. The molecule has 7 heteroatoms. The van der Waals surface area contributed by atoms with E-state index in [1.54, 1.807) is 24.3 Å². The summed E-state index contributed by atoms with van der Waals surface area (Å²) in [5.74, 6) is 0.655. The summed E-state index contributed by atoms with van der Waals surface area (Å²) in [5, 5.41) is 10.3. The van der Waals surface area contributed by atoms with Crippen LogP contribution in [0.1, 0.15) is 21.5 Å². The summed E-state index contributed by atoms with van der Waals surface area (Å²) in [6.07, 6.45) is 0. The average molecular weight is 377 g/mol. The van der Waals surface area contributed by atoms with E-state index in [-0.39, 0.29) is 5.91 Å². The first-order valence-corrected chi connectivity index (χ1v) is 8.70. The number of nitrogens with zero attached hydrogens (tertiary/aromatic N) is 1. The Labute approximate surface area is 156 Å². The predicted octanol–water partition coefficient (Wildman–Crippen LogP) is 2.97. The molecule has 0 saturated carbocycles. The third-order valence-corrected chi connectivity index (χ3v) is 4.14. The summed E-state index contributed by atoms with van der Waals surface area (Å²) in [6, 6.07) is 12.7. The summed E-state index contributed by atoms with van der Waals surface area (Å²) < 4.78 is 0. The van der Waals surface area contributed by atoms with Gasteiger partial charge in [0, 0.05) is 35.2 Å². The highest BCUT2D eigenvalue weighted by molar-refractivity contribution is 6.34. The van der Waals surface area contributed by atoms with Gasteiger partial charge in [-0.1, -0.05) is 35.3 Å². The second-order valence-corrected chi connectivity index (χ2v) is 6.54. The Kier molecular flexibility index (Phi) is 5.79. The number of aliphatic imine (C=N–C) groups is 1. The Morgan fingerprint density at radius 2 is 1.88 bits per heavy atom. The van der Waals surface area contributed by atoms with E-state index in [4.69, 9.17) is 23.2 Å². The van der Waals surface area contributed by atoms with Crippen LogP contribution in [0.5, 0.6) is 0 Å². The van der Waals surface area contributed by atoms with Crippen LogP contribution in [0.15, 0.2) is 47.5 Å². The molecular weight excluding hydrogens is 359 g/mol. The summed E-state index contributed by atoms with van der Waals surface area (Å²) >= 11 is 11.9. The molecule has 3 rings (SSSR count). The largest absolute Gasteiger partial charge is 0.355 e. The van der Waals surface area contributed by atoms with E-state index in [9.17, 15) is 4.79 Å². The summed E-state index contributed by atoms with van der Waals surface area (Å²) in [5.41, 5.74) is 2.47. The molecule has 0 unspecified atom stereocenters. The molecule has 5 nitrogen and oxygen atoms in total. The van der Waals surface area contributed by atoms with Crippen LogP contribution in [0.4, 0.5) is 0 Å². The Hall–Kier alpha value is -2.24. The first kappa shape index (κ1) is 17.6. The minimum absolute atomic E-state index is 0.144. The fraction of sp³-hybridized carbons (Fsp3) is 0.222. The van der Waals surface area contributed by atoms with Gasteiger partial charge in [0.25, 0.3) is 5.91 Å². The number of nitrogens with one attached hydrogen (secondary N) is 3. The highest BCUT2D eigenvalue weighted by atomic mass is 35.5. The number of carbonyl (C=O) groups is 1. The molecule has 130 valence electrons. The smallest absolute Gasteiger partial charge is 0.251 e. The Morgan fingerprint density at radius 1 is 1.08 bits per heavy atom. The van der Waals surface area contributed by atoms with Crippen LogP contribution in [0.3, 0.4) is 0 Å². The molecule has 1 heterocycles. The summed E-state index contributed by atoms with van der Waals surface area (Å²) in [4.78, 5) is 16.6. The van der Waals surface area contributed by atoms with Gasteiger partial charge in [-0.3, -0.25) is 9.79 Å². The number of guanidine groups is 1. The lowest BCUT2D eigenvalue weighted by molar-refractivity contribution is 0.0951. The van der Waals surface area contributed by atoms with Gasteiger partial charge >= 0.3 is 0 Å². The van der Waals surface area contributed by atoms with Crippen LogP contribution >= 0.6 is 23.2 Å². The maximum atomic E-state index is 12.4. The van der Waals surface area contributed by atoms with E-state index in [1.807, 2.05) is 18.2 Å². The van der Waals surface area contributed by atoms with Gasteiger partial charge in [0.15, 0.2) is 5.96 Å². The first-order valence-electron chi connectivity index (χ1n) is 7.94. The number of benzene rings is 2. The molecule has 0 aromatic heterocycles. The van der Waals surface area contributed by atoms with Gasteiger partial charge in [0.05, 0.1) is 6.54 Å². The normalized spacial score (nSPS) is 13.1. The van der Waals surface area contributed by atoms with Crippen molar-refractivity contribution in [2.45, 2.75) is 13.1 Å². The second kappa shape index (κ2) is 8.23. The lowest BCUT2D eigenvalue weighted by atomic mass is 10.1. The number of carbonyl (C=O) groups excluding carboxylic acids is 1. The lowest BCUT2D eigenvalue weighted by Crippen LogP contribution is -2.33. The zero-order valence-corrected chi connectivity index (χ0v) is 15.0. The minimum Gasteiger partial charge on any atom is -0.355 e. The number of hydrogen-bond donors (Lipinski definition) is 3. The third kappa shape index (κ3) is 5.11. The van der Waals surface area contributed by atoms with Gasteiger partial charge in [-0.2, -0.15) is 0 Å². The van der Waals surface area contributed by atoms with Crippen molar-refractivity contribution in [2.24, 2.45) is 4.99 Å². The van der Waals surface area contributed by atoms with E-state index in [2.05, 4.69) is 20.9 Å². The van der Waals surface area contributed by atoms with Crippen LogP contribution < -0.4 is 16.0 Å². The highest BCUT2D eigenvalue weighted by Gasteiger charge is 2.08. The quantitative estimate of drug-likeness (QED) is 0.751. The first-order chi connectivity index (χ1) is 12.1. The molecule has 1 aliphatic rings. The molecule has 25 heavy (non-hydrogen) atoms. The van der Waals surface area contributed by atoms with Crippen LogP contribution in [0.2, 0.25) is 10.0 Å². The van der Waals surface area contributed by atoms with Crippen molar-refractivity contribution in [1.29, 1.82) is 0 Å². The van der Waals surface area contributed by atoms with Crippen molar-refractivity contribution < 1.29 is 4.79 Å². The average Bonchev–Trinajstić information content (AvgIpc) is 3.11. The van der Waals surface area contributed by atoms with E-state index < -0.39 is 0 Å². The fourth-order valence-electron chi connectivity index (χ4n) is 2.52. The second-order valence-electron chi connectivity index (χ2n) is 5.67. The fourth-order valence-corrected chi connectivity index (χ4v) is 3.09. The maximum absolute atomic E-state index is 12.4. The van der Waals surface area contributed by atoms with Crippen LogP contribution in [-0.4, -0.2) is 25.0 Å². The lowest BCUT2D eigenvalue weighted by Gasteiger charge is -2.09. The van der Waals surface area contributed by atoms with Crippen molar-refractivity contribution in [2.75, 3.05) is 13.1 Å². The molecular formula is C18H18Cl2N4O. The number of rotatable bonds is 5.